The van der Waals surface area contributed by atoms with Gasteiger partial charge in [-0.25, -0.2) is 9.37 Å². The van der Waals surface area contributed by atoms with Gasteiger partial charge in [0.1, 0.15) is 5.82 Å². The molecule has 0 amide bonds. The van der Waals surface area contributed by atoms with Gasteiger partial charge in [0.15, 0.2) is 0 Å². The van der Waals surface area contributed by atoms with Crippen molar-refractivity contribution in [3.63, 3.8) is 0 Å². The molecule has 18 heavy (non-hydrogen) atoms. The number of hydrogen-bond acceptors (Lipinski definition) is 3. The Kier molecular flexibility index (Phi) is 3.72. The molecular formula is C13H12FNO2S. The predicted octanol–water partition coefficient (Wildman–Crippen LogP) is 3.00. The fraction of sp³-hybridized carbons (Fsp3) is 0.231. The van der Waals surface area contributed by atoms with E-state index in [1.54, 1.807) is 0 Å². The van der Waals surface area contributed by atoms with Crippen molar-refractivity contribution in [3.05, 3.63) is 51.7 Å². The largest absolute Gasteiger partial charge is 0.481 e. The first kappa shape index (κ1) is 12.7. The SMILES string of the molecule is Cc1csc(CC(C(=O)O)c2ccc(F)cc2)n1. The van der Waals surface area contributed by atoms with Crippen molar-refractivity contribution in [1.29, 1.82) is 0 Å². The highest BCUT2D eigenvalue weighted by atomic mass is 32.1. The van der Waals surface area contributed by atoms with Crippen LogP contribution >= 0.6 is 11.3 Å². The number of rotatable bonds is 4. The van der Waals surface area contributed by atoms with E-state index >= 15 is 0 Å². The minimum Gasteiger partial charge on any atom is -0.481 e. The first-order valence-electron chi connectivity index (χ1n) is 5.45. The van der Waals surface area contributed by atoms with E-state index in [9.17, 15) is 14.3 Å². The van der Waals surface area contributed by atoms with Crippen LogP contribution in [0.1, 0.15) is 22.2 Å². The van der Waals surface area contributed by atoms with Crippen LogP contribution in [0.2, 0.25) is 0 Å². The smallest absolute Gasteiger partial charge is 0.311 e. The second kappa shape index (κ2) is 5.27. The number of carboxylic acids is 1. The van der Waals surface area contributed by atoms with E-state index in [2.05, 4.69) is 4.98 Å². The molecule has 1 unspecified atom stereocenters. The Bertz CT molecular complexity index is 550. The molecule has 0 aliphatic heterocycles. The number of aliphatic carboxylic acids is 1. The standard InChI is InChI=1S/C13H12FNO2S/c1-8-7-18-12(15-8)6-11(13(16)17)9-2-4-10(14)5-3-9/h2-5,7,11H,6H2,1H3,(H,16,17). The van der Waals surface area contributed by atoms with Gasteiger partial charge in [0.25, 0.3) is 0 Å². The highest BCUT2D eigenvalue weighted by Crippen LogP contribution is 2.23. The van der Waals surface area contributed by atoms with Gasteiger partial charge in [-0.1, -0.05) is 12.1 Å². The van der Waals surface area contributed by atoms with Crippen molar-refractivity contribution in [2.45, 2.75) is 19.3 Å². The van der Waals surface area contributed by atoms with Gasteiger partial charge in [-0.15, -0.1) is 11.3 Å². The van der Waals surface area contributed by atoms with Crippen molar-refractivity contribution in [1.82, 2.24) is 4.98 Å². The Labute approximate surface area is 108 Å². The van der Waals surface area contributed by atoms with Gasteiger partial charge in [0.2, 0.25) is 0 Å². The average molecular weight is 265 g/mol. The fourth-order valence-corrected chi connectivity index (χ4v) is 2.53. The van der Waals surface area contributed by atoms with Crippen LogP contribution in [0.4, 0.5) is 4.39 Å². The second-order valence-corrected chi connectivity index (χ2v) is 4.97. The number of hydrogen-bond donors (Lipinski definition) is 1. The van der Waals surface area contributed by atoms with Gasteiger partial charge in [0, 0.05) is 17.5 Å². The minimum atomic E-state index is -0.922. The van der Waals surface area contributed by atoms with Crippen molar-refractivity contribution >= 4 is 17.3 Å². The van der Waals surface area contributed by atoms with Crippen LogP contribution in [0.15, 0.2) is 29.6 Å². The summed E-state index contributed by atoms with van der Waals surface area (Å²) in [5, 5.41) is 11.9. The first-order chi connectivity index (χ1) is 8.56. The Morgan fingerprint density at radius 1 is 1.44 bits per heavy atom. The maximum atomic E-state index is 12.8. The third-order valence-electron chi connectivity index (χ3n) is 2.62. The fourth-order valence-electron chi connectivity index (χ4n) is 1.71. The number of carboxylic acid groups (broad SMARTS) is 1. The molecular weight excluding hydrogens is 253 g/mol. The van der Waals surface area contributed by atoms with Crippen LogP contribution in [-0.2, 0) is 11.2 Å². The Morgan fingerprint density at radius 3 is 2.61 bits per heavy atom. The molecule has 1 N–H and O–H groups in total. The summed E-state index contributed by atoms with van der Waals surface area (Å²) in [6.07, 6.45) is 0.333. The molecule has 0 saturated heterocycles. The van der Waals surface area contributed by atoms with Gasteiger partial charge in [-0.05, 0) is 24.6 Å². The van der Waals surface area contributed by atoms with E-state index in [1.807, 2.05) is 12.3 Å². The molecule has 1 aromatic carbocycles. The van der Waals surface area contributed by atoms with Gasteiger partial charge in [-0.2, -0.15) is 0 Å². The lowest BCUT2D eigenvalue weighted by atomic mass is 9.96. The number of carbonyl (C=O) groups is 1. The van der Waals surface area contributed by atoms with Gasteiger partial charge in [-0.3, -0.25) is 4.79 Å². The molecule has 3 nitrogen and oxygen atoms in total. The molecule has 0 aliphatic carbocycles. The molecule has 2 rings (SSSR count). The third kappa shape index (κ3) is 2.92. The van der Waals surface area contributed by atoms with E-state index in [4.69, 9.17) is 0 Å². The Hall–Kier alpha value is -1.75. The quantitative estimate of drug-likeness (QED) is 0.924. The van der Waals surface area contributed by atoms with Gasteiger partial charge < -0.3 is 5.11 Å². The summed E-state index contributed by atoms with van der Waals surface area (Å²) < 4.78 is 12.8. The van der Waals surface area contributed by atoms with Crippen molar-refractivity contribution < 1.29 is 14.3 Å². The molecule has 0 radical (unpaired) electrons. The zero-order valence-corrected chi connectivity index (χ0v) is 10.6. The molecule has 0 aliphatic rings. The third-order valence-corrected chi connectivity index (χ3v) is 3.60. The molecule has 1 aromatic heterocycles. The van der Waals surface area contributed by atoms with Crippen molar-refractivity contribution in [3.8, 4) is 0 Å². The van der Waals surface area contributed by atoms with Crippen LogP contribution in [0.5, 0.6) is 0 Å². The lowest BCUT2D eigenvalue weighted by Gasteiger charge is -2.10. The zero-order chi connectivity index (χ0) is 13.1. The number of thiazole rings is 1. The highest BCUT2D eigenvalue weighted by Gasteiger charge is 2.21. The number of nitrogens with zero attached hydrogens (tertiary/aromatic N) is 1. The highest BCUT2D eigenvalue weighted by molar-refractivity contribution is 7.09. The van der Waals surface area contributed by atoms with E-state index in [0.29, 0.717) is 12.0 Å². The lowest BCUT2D eigenvalue weighted by Crippen LogP contribution is -2.14. The first-order valence-corrected chi connectivity index (χ1v) is 6.33. The normalized spacial score (nSPS) is 12.3. The zero-order valence-electron chi connectivity index (χ0n) is 9.76. The molecule has 1 atom stereocenters. The molecule has 0 bridgehead atoms. The van der Waals surface area contributed by atoms with E-state index in [1.165, 1.54) is 35.6 Å². The molecule has 0 spiro atoms. The summed E-state index contributed by atoms with van der Waals surface area (Å²) in [5.74, 6) is -1.97. The molecule has 1 heterocycles. The van der Waals surface area contributed by atoms with E-state index in [0.717, 1.165) is 10.7 Å². The van der Waals surface area contributed by atoms with Crippen LogP contribution in [-0.4, -0.2) is 16.1 Å². The van der Waals surface area contributed by atoms with Crippen LogP contribution in [0, 0.1) is 12.7 Å². The minimum absolute atomic E-state index is 0.333. The molecule has 0 fully saturated rings. The maximum Gasteiger partial charge on any atom is 0.311 e. The van der Waals surface area contributed by atoms with E-state index in [-0.39, 0.29) is 5.82 Å². The lowest BCUT2D eigenvalue weighted by molar-refractivity contribution is -0.138. The number of halogens is 1. The summed E-state index contributed by atoms with van der Waals surface area (Å²) >= 11 is 1.44. The topological polar surface area (TPSA) is 50.2 Å². The van der Waals surface area contributed by atoms with E-state index < -0.39 is 11.9 Å². The average Bonchev–Trinajstić information content (AvgIpc) is 2.73. The predicted molar refractivity (Wildman–Crippen MR) is 67.3 cm³/mol. The molecule has 2 aromatic rings. The molecule has 0 saturated carbocycles. The van der Waals surface area contributed by atoms with Crippen molar-refractivity contribution in [2.24, 2.45) is 0 Å². The van der Waals surface area contributed by atoms with Crippen LogP contribution in [0.3, 0.4) is 0 Å². The summed E-state index contributed by atoms with van der Waals surface area (Å²) in [5.41, 5.74) is 1.48. The maximum absolute atomic E-state index is 12.8. The summed E-state index contributed by atoms with van der Waals surface area (Å²) in [6.45, 7) is 1.87. The number of benzene rings is 1. The summed E-state index contributed by atoms with van der Waals surface area (Å²) in [4.78, 5) is 15.5. The number of aromatic nitrogens is 1. The summed E-state index contributed by atoms with van der Waals surface area (Å²) in [6, 6.07) is 5.57. The monoisotopic (exact) mass is 265 g/mol. The second-order valence-electron chi connectivity index (χ2n) is 4.03. The van der Waals surface area contributed by atoms with Gasteiger partial charge >= 0.3 is 5.97 Å². The van der Waals surface area contributed by atoms with Crippen LogP contribution < -0.4 is 0 Å². The van der Waals surface area contributed by atoms with Gasteiger partial charge in [0.05, 0.1) is 10.9 Å². The van der Waals surface area contributed by atoms with Crippen molar-refractivity contribution in [2.75, 3.05) is 0 Å². The summed E-state index contributed by atoms with van der Waals surface area (Å²) in [7, 11) is 0. The molecule has 5 heteroatoms. The number of aryl methyl sites for hydroxylation is 1. The Morgan fingerprint density at radius 2 is 2.11 bits per heavy atom. The molecule has 94 valence electrons. The van der Waals surface area contributed by atoms with Crippen LogP contribution in [0.25, 0.3) is 0 Å². The Balaban J connectivity index is 2.23.